The zero-order valence-electron chi connectivity index (χ0n) is 15.4. The Labute approximate surface area is 131 Å². The van der Waals surface area contributed by atoms with Gasteiger partial charge in [0.1, 0.15) is 0 Å². The summed E-state index contributed by atoms with van der Waals surface area (Å²) in [5, 5.41) is 0. The van der Waals surface area contributed by atoms with Crippen molar-refractivity contribution < 1.29 is 0 Å². The summed E-state index contributed by atoms with van der Waals surface area (Å²) < 4.78 is 0. The van der Waals surface area contributed by atoms with Gasteiger partial charge < -0.3 is 0 Å². The van der Waals surface area contributed by atoms with E-state index in [4.69, 9.17) is 0 Å². The maximum Gasteiger partial charge on any atom is 0.0929 e. The second kappa shape index (κ2) is 11.4. The van der Waals surface area contributed by atoms with E-state index in [1.54, 1.807) is 37.0 Å². The van der Waals surface area contributed by atoms with E-state index in [2.05, 4.69) is 41.5 Å². The van der Waals surface area contributed by atoms with Crippen molar-refractivity contribution in [2.45, 2.75) is 67.2 Å². The van der Waals surface area contributed by atoms with Gasteiger partial charge in [0, 0.05) is 14.5 Å². The summed E-state index contributed by atoms with van der Waals surface area (Å²) in [6, 6.07) is 0. The second-order valence-corrected chi connectivity index (χ2v) is 16.0. The lowest BCUT2D eigenvalue weighted by atomic mass is 10.6. The highest BCUT2D eigenvalue weighted by atomic mass is 31.2. The number of rotatable bonds is 13. The van der Waals surface area contributed by atoms with Gasteiger partial charge >= 0.3 is 0 Å². The molecule has 0 aliphatic carbocycles. The van der Waals surface area contributed by atoms with Crippen LogP contribution in [0.15, 0.2) is 0 Å². The molecule has 0 saturated heterocycles. The number of hydrogen-bond donors (Lipinski definition) is 0. The van der Waals surface area contributed by atoms with Gasteiger partial charge in [-0.05, 0) is 39.5 Å². The third-order valence-electron chi connectivity index (χ3n) is 5.18. The van der Waals surface area contributed by atoms with Crippen molar-refractivity contribution in [1.29, 1.82) is 0 Å². The summed E-state index contributed by atoms with van der Waals surface area (Å²) in [5.74, 6) is 0. The molecule has 0 aromatic carbocycles. The first-order valence-corrected chi connectivity index (χ1v) is 14.3. The minimum atomic E-state index is -0.606. The minimum absolute atomic E-state index is 0.606. The molecule has 0 N–H and O–H groups in total. The minimum Gasteiger partial charge on any atom is -0.0619 e. The van der Waals surface area contributed by atoms with Gasteiger partial charge in [-0.1, -0.05) is 27.7 Å². The van der Waals surface area contributed by atoms with E-state index in [0.717, 1.165) is 0 Å². The van der Waals surface area contributed by atoms with Gasteiger partial charge in [-0.3, -0.25) is 0 Å². The lowest BCUT2D eigenvalue weighted by molar-refractivity contribution is 1.00. The van der Waals surface area contributed by atoms with Gasteiger partial charge in [0.15, 0.2) is 0 Å². The Hall–Kier alpha value is 0.860. The summed E-state index contributed by atoms with van der Waals surface area (Å²) in [5.41, 5.74) is 0. The lowest BCUT2D eigenvalue weighted by Gasteiger charge is -2.31. The third-order valence-corrected chi connectivity index (χ3v) is 16.1. The van der Waals surface area contributed by atoms with Crippen LogP contribution in [-0.4, -0.2) is 49.3 Å². The average molecular weight is 320 g/mol. The summed E-state index contributed by atoms with van der Waals surface area (Å²) in [4.78, 5) is 0. The first kappa shape index (κ1) is 20.9. The van der Waals surface area contributed by atoms with Crippen molar-refractivity contribution in [3.63, 3.8) is 0 Å². The molecule has 0 aliphatic heterocycles. The summed E-state index contributed by atoms with van der Waals surface area (Å²) in [6.45, 7) is 14.6. The highest BCUT2D eigenvalue weighted by Crippen LogP contribution is 2.66. The normalized spacial score (nSPS) is 12.9. The summed E-state index contributed by atoms with van der Waals surface area (Å²) in [6.07, 6.45) is 18.2. The third kappa shape index (κ3) is 6.75. The fourth-order valence-corrected chi connectivity index (χ4v) is 14.4. The molecule has 0 fully saturated rings. The van der Waals surface area contributed by atoms with Crippen LogP contribution >= 0.6 is 14.5 Å². The molecule has 0 aromatic heterocycles. The van der Waals surface area contributed by atoms with E-state index < -0.39 is 14.5 Å². The van der Waals surface area contributed by atoms with E-state index in [1.165, 1.54) is 38.0 Å². The van der Waals surface area contributed by atoms with Crippen LogP contribution in [-0.2, 0) is 0 Å². The monoisotopic (exact) mass is 320 g/mol. The Morgan fingerprint density at radius 1 is 0.400 bits per heavy atom. The van der Waals surface area contributed by atoms with Crippen LogP contribution in [0.1, 0.15) is 67.2 Å². The van der Waals surface area contributed by atoms with E-state index in [9.17, 15) is 0 Å². The maximum atomic E-state index is 2.49. The van der Waals surface area contributed by atoms with Crippen LogP contribution in [0.3, 0.4) is 0 Å². The zero-order chi connectivity index (χ0) is 15.5. The Balaban J connectivity index is 4.83. The van der Waals surface area contributed by atoms with Crippen molar-refractivity contribution in [1.82, 2.24) is 0 Å². The molecular formula is C18H42P2+2. The molecule has 0 rings (SSSR count). The van der Waals surface area contributed by atoms with E-state index in [1.807, 2.05) is 0 Å². The van der Waals surface area contributed by atoms with Gasteiger partial charge in [-0.15, -0.1) is 0 Å². The van der Waals surface area contributed by atoms with Gasteiger partial charge in [0.25, 0.3) is 0 Å². The SMILES string of the molecule is CCC[P+](CC)(CCC)CC[P+](CC)(CCC)CCC. The molecule has 2 heteroatoms. The van der Waals surface area contributed by atoms with Crippen molar-refractivity contribution in [3.8, 4) is 0 Å². The standard InChI is InChI=1S/C18H42P2/c1-7-13-19(11-5,14-8-2)17-18-20(12-6,15-9-3)16-10-4/h7-18H2,1-6H3/q+2. The lowest BCUT2D eigenvalue weighted by Crippen LogP contribution is -2.18. The maximum absolute atomic E-state index is 2.49. The first-order valence-electron chi connectivity index (χ1n) is 9.27. The highest BCUT2D eigenvalue weighted by molar-refractivity contribution is 7.79. The Bertz CT molecular complexity index is 189. The molecule has 0 saturated carbocycles. The van der Waals surface area contributed by atoms with Crippen molar-refractivity contribution in [3.05, 3.63) is 0 Å². The van der Waals surface area contributed by atoms with Crippen LogP contribution in [0.25, 0.3) is 0 Å². The molecule has 0 spiro atoms. The van der Waals surface area contributed by atoms with Crippen LogP contribution in [0.4, 0.5) is 0 Å². The van der Waals surface area contributed by atoms with Crippen molar-refractivity contribution in [2.24, 2.45) is 0 Å². The largest absolute Gasteiger partial charge is 0.0929 e. The molecule has 0 heterocycles. The van der Waals surface area contributed by atoms with E-state index in [0.29, 0.717) is 0 Å². The van der Waals surface area contributed by atoms with E-state index in [-0.39, 0.29) is 0 Å². The Morgan fingerprint density at radius 2 is 0.650 bits per heavy atom. The fourth-order valence-electron chi connectivity index (χ4n) is 3.94. The second-order valence-electron chi connectivity index (χ2n) is 6.66. The molecule has 0 atom stereocenters. The van der Waals surface area contributed by atoms with Gasteiger partial charge in [-0.2, -0.15) is 0 Å². The molecule has 122 valence electrons. The molecule has 20 heavy (non-hydrogen) atoms. The topological polar surface area (TPSA) is 0 Å². The predicted octanol–water partition coefficient (Wildman–Crippen LogP) is 6.70. The molecule has 0 aromatic rings. The van der Waals surface area contributed by atoms with Crippen LogP contribution in [0.2, 0.25) is 0 Å². The van der Waals surface area contributed by atoms with Crippen molar-refractivity contribution in [2.75, 3.05) is 49.3 Å². The molecular weight excluding hydrogens is 278 g/mol. The van der Waals surface area contributed by atoms with Gasteiger partial charge in [-0.25, -0.2) is 0 Å². The Kier molecular flexibility index (Phi) is 11.9. The molecule has 0 radical (unpaired) electrons. The fraction of sp³-hybridized carbons (Fsp3) is 1.00. The van der Waals surface area contributed by atoms with Crippen molar-refractivity contribution >= 4 is 14.5 Å². The first-order chi connectivity index (χ1) is 9.57. The molecule has 0 nitrogen and oxygen atoms in total. The van der Waals surface area contributed by atoms with E-state index >= 15 is 0 Å². The summed E-state index contributed by atoms with van der Waals surface area (Å²) >= 11 is 0. The zero-order valence-corrected chi connectivity index (χ0v) is 17.2. The van der Waals surface area contributed by atoms with Crippen LogP contribution in [0.5, 0.6) is 0 Å². The molecule has 0 aliphatic rings. The smallest absolute Gasteiger partial charge is 0.0619 e. The van der Waals surface area contributed by atoms with Gasteiger partial charge in [0.2, 0.25) is 0 Å². The average Bonchev–Trinajstić information content (AvgIpc) is 2.45. The molecule has 0 amide bonds. The van der Waals surface area contributed by atoms with Gasteiger partial charge in [0.05, 0.1) is 49.3 Å². The quantitative estimate of drug-likeness (QED) is 0.331. The summed E-state index contributed by atoms with van der Waals surface area (Å²) in [7, 11) is -1.21. The highest BCUT2D eigenvalue weighted by Gasteiger charge is 2.41. The van der Waals surface area contributed by atoms with Crippen LogP contribution < -0.4 is 0 Å². The number of hydrogen-bond acceptors (Lipinski definition) is 0. The molecule has 0 bridgehead atoms. The Morgan fingerprint density at radius 3 is 0.800 bits per heavy atom. The molecule has 0 unspecified atom stereocenters. The predicted molar refractivity (Wildman–Crippen MR) is 105 cm³/mol. The van der Waals surface area contributed by atoms with Crippen LogP contribution in [0, 0.1) is 0 Å².